The van der Waals surface area contributed by atoms with Gasteiger partial charge in [-0.1, -0.05) is 0 Å². The van der Waals surface area contributed by atoms with Crippen molar-refractivity contribution in [3.8, 4) is 6.07 Å². The van der Waals surface area contributed by atoms with Crippen LogP contribution >= 0.6 is 0 Å². The van der Waals surface area contributed by atoms with Gasteiger partial charge >= 0.3 is 0 Å². The smallest absolute Gasteiger partial charge is 0.109 e. The number of methoxy groups -OCH3 is 3. The molecule has 0 amide bonds. The molecular formula is C11H19NO3. The Bertz CT molecular complexity index is 212. The fraction of sp³-hybridized carbons (Fsp3) is 0.909. The van der Waals surface area contributed by atoms with Crippen molar-refractivity contribution >= 4 is 0 Å². The summed E-state index contributed by atoms with van der Waals surface area (Å²) < 4.78 is 16.2. The first-order valence-electron chi connectivity index (χ1n) is 5.22. The van der Waals surface area contributed by atoms with Crippen LogP contribution < -0.4 is 0 Å². The molecule has 4 heteroatoms. The highest BCUT2D eigenvalue weighted by molar-refractivity contribution is 4.91. The maximum Gasteiger partial charge on any atom is 0.109 e. The maximum atomic E-state index is 8.70. The van der Waals surface area contributed by atoms with Crippen LogP contribution in [0.3, 0.4) is 0 Å². The third-order valence-corrected chi connectivity index (χ3v) is 3.12. The summed E-state index contributed by atoms with van der Waals surface area (Å²) in [6, 6.07) is 2.21. The molecule has 2 atom stereocenters. The highest BCUT2D eigenvalue weighted by Gasteiger charge is 2.38. The normalized spacial score (nSPS) is 36.1. The molecule has 0 N–H and O–H groups in total. The third-order valence-electron chi connectivity index (χ3n) is 3.12. The van der Waals surface area contributed by atoms with Crippen molar-refractivity contribution in [2.45, 2.75) is 37.6 Å². The summed E-state index contributed by atoms with van der Waals surface area (Å²) in [5.74, 6) is 0.358. The fourth-order valence-corrected chi connectivity index (χ4v) is 2.32. The summed E-state index contributed by atoms with van der Waals surface area (Å²) in [6.07, 6.45) is 2.37. The molecule has 4 nitrogen and oxygen atoms in total. The van der Waals surface area contributed by atoms with Crippen LogP contribution in [0.4, 0.5) is 0 Å². The van der Waals surface area contributed by atoms with Crippen molar-refractivity contribution in [2.24, 2.45) is 5.92 Å². The van der Waals surface area contributed by atoms with E-state index in [1.54, 1.807) is 21.3 Å². The first kappa shape index (κ1) is 12.4. The number of nitrogens with zero attached hydrogens (tertiary/aromatic N) is 1. The van der Waals surface area contributed by atoms with Gasteiger partial charge in [-0.25, -0.2) is 0 Å². The van der Waals surface area contributed by atoms with Crippen molar-refractivity contribution in [3.63, 3.8) is 0 Å². The van der Waals surface area contributed by atoms with Crippen molar-refractivity contribution in [1.82, 2.24) is 0 Å². The van der Waals surface area contributed by atoms with Gasteiger partial charge in [0.25, 0.3) is 0 Å². The molecule has 1 rings (SSSR count). The molecule has 1 aliphatic carbocycles. The molecule has 2 unspecified atom stereocenters. The minimum absolute atomic E-state index is 0.0186. The second kappa shape index (κ2) is 6.06. The van der Waals surface area contributed by atoms with E-state index in [-0.39, 0.29) is 18.3 Å². The summed E-state index contributed by atoms with van der Waals surface area (Å²) in [4.78, 5) is 0. The molecule has 0 aromatic heterocycles. The maximum absolute atomic E-state index is 8.70. The van der Waals surface area contributed by atoms with Crippen molar-refractivity contribution in [1.29, 1.82) is 5.26 Å². The van der Waals surface area contributed by atoms with Crippen LogP contribution in [0.25, 0.3) is 0 Å². The second-order valence-corrected chi connectivity index (χ2v) is 3.95. The molecule has 0 heterocycles. The molecule has 86 valence electrons. The number of nitriles is 1. The van der Waals surface area contributed by atoms with E-state index in [9.17, 15) is 0 Å². The van der Waals surface area contributed by atoms with E-state index in [0.717, 1.165) is 12.8 Å². The summed E-state index contributed by atoms with van der Waals surface area (Å²) in [6.45, 7) is 0. The highest BCUT2D eigenvalue weighted by Crippen LogP contribution is 2.31. The van der Waals surface area contributed by atoms with Crippen LogP contribution in [-0.4, -0.2) is 39.6 Å². The van der Waals surface area contributed by atoms with Gasteiger partial charge in [-0.15, -0.1) is 0 Å². The molecule has 0 aliphatic heterocycles. The summed E-state index contributed by atoms with van der Waals surface area (Å²) in [5, 5.41) is 8.70. The molecule has 1 fully saturated rings. The topological polar surface area (TPSA) is 51.5 Å². The van der Waals surface area contributed by atoms with E-state index in [2.05, 4.69) is 6.07 Å². The number of hydrogen-bond donors (Lipinski definition) is 0. The second-order valence-electron chi connectivity index (χ2n) is 3.95. The number of hydrogen-bond acceptors (Lipinski definition) is 4. The molecule has 0 aromatic rings. The van der Waals surface area contributed by atoms with E-state index < -0.39 is 0 Å². The zero-order chi connectivity index (χ0) is 11.3. The molecule has 0 bridgehead atoms. The minimum Gasteiger partial charge on any atom is -0.379 e. The number of rotatable bonds is 4. The number of ether oxygens (including phenoxy) is 3. The Balaban J connectivity index is 2.65. The van der Waals surface area contributed by atoms with Gasteiger partial charge in [-0.2, -0.15) is 5.26 Å². The van der Waals surface area contributed by atoms with Crippen LogP contribution in [-0.2, 0) is 14.2 Å². The highest BCUT2D eigenvalue weighted by atomic mass is 16.6. The lowest BCUT2D eigenvalue weighted by molar-refractivity contribution is -0.140. The lowest BCUT2D eigenvalue weighted by Gasteiger charge is -2.38. The Kier molecular flexibility index (Phi) is 5.03. The lowest BCUT2D eigenvalue weighted by Crippen LogP contribution is -2.47. The third kappa shape index (κ3) is 2.91. The van der Waals surface area contributed by atoms with Gasteiger partial charge in [0.15, 0.2) is 0 Å². The molecule has 1 saturated carbocycles. The van der Waals surface area contributed by atoms with Crippen LogP contribution in [0.1, 0.15) is 19.3 Å². The Hall–Kier alpha value is -0.630. The zero-order valence-corrected chi connectivity index (χ0v) is 9.60. The van der Waals surface area contributed by atoms with Crippen LogP contribution in [0.5, 0.6) is 0 Å². The molecule has 15 heavy (non-hydrogen) atoms. The summed E-state index contributed by atoms with van der Waals surface area (Å²) >= 11 is 0. The zero-order valence-electron chi connectivity index (χ0n) is 9.60. The minimum atomic E-state index is -0.0186. The monoisotopic (exact) mass is 213 g/mol. The summed E-state index contributed by atoms with van der Waals surface area (Å²) in [7, 11) is 5.03. The molecule has 0 aromatic carbocycles. The SMILES string of the molecule is COC1CC(CC#N)CC(OC)C1OC. The largest absolute Gasteiger partial charge is 0.379 e. The fourth-order valence-electron chi connectivity index (χ4n) is 2.32. The van der Waals surface area contributed by atoms with Crippen LogP contribution in [0.2, 0.25) is 0 Å². The molecule has 1 aliphatic rings. The molecular weight excluding hydrogens is 194 g/mol. The van der Waals surface area contributed by atoms with E-state index in [1.165, 1.54) is 0 Å². The van der Waals surface area contributed by atoms with Gasteiger partial charge in [0.1, 0.15) is 6.10 Å². The van der Waals surface area contributed by atoms with E-state index in [0.29, 0.717) is 12.3 Å². The van der Waals surface area contributed by atoms with Crippen molar-refractivity contribution < 1.29 is 14.2 Å². The Labute approximate surface area is 91.1 Å². The van der Waals surface area contributed by atoms with Gasteiger partial charge in [-0.3, -0.25) is 0 Å². The Morgan fingerprint density at radius 3 is 1.93 bits per heavy atom. The molecule has 0 radical (unpaired) electrons. The van der Waals surface area contributed by atoms with Gasteiger partial charge in [-0.05, 0) is 18.8 Å². The summed E-state index contributed by atoms with van der Waals surface area (Å²) in [5.41, 5.74) is 0. The lowest BCUT2D eigenvalue weighted by atomic mass is 9.81. The van der Waals surface area contributed by atoms with Crippen molar-refractivity contribution in [3.05, 3.63) is 0 Å². The standard InChI is InChI=1S/C11H19NO3/c1-13-9-6-8(4-5-12)7-10(14-2)11(9)15-3/h8-11H,4,6-7H2,1-3H3. The predicted molar refractivity (Wildman–Crippen MR) is 55.3 cm³/mol. The van der Waals surface area contributed by atoms with E-state index >= 15 is 0 Å². The van der Waals surface area contributed by atoms with Crippen LogP contribution in [0, 0.1) is 17.2 Å². The quantitative estimate of drug-likeness (QED) is 0.707. The van der Waals surface area contributed by atoms with Gasteiger partial charge in [0, 0.05) is 27.8 Å². The van der Waals surface area contributed by atoms with Gasteiger partial charge < -0.3 is 14.2 Å². The van der Waals surface area contributed by atoms with Gasteiger partial charge in [0.2, 0.25) is 0 Å². The Morgan fingerprint density at radius 1 is 1.07 bits per heavy atom. The average molecular weight is 213 g/mol. The first-order valence-corrected chi connectivity index (χ1v) is 5.22. The van der Waals surface area contributed by atoms with Crippen molar-refractivity contribution in [2.75, 3.05) is 21.3 Å². The van der Waals surface area contributed by atoms with E-state index in [4.69, 9.17) is 19.5 Å². The molecule has 0 spiro atoms. The predicted octanol–water partition coefficient (Wildman–Crippen LogP) is 1.36. The molecule has 0 saturated heterocycles. The Morgan fingerprint density at radius 2 is 1.60 bits per heavy atom. The van der Waals surface area contributed by atoms with Gasteiger partial charge in [0.05, 0.1) is 18.3 Å². The first-order chi connectivity index (χ1) is 7.26. The van der Waals surface area contributed by atoms with Crippen LogP contribution in [0.15, 0.2) is 0 Å². The average Bonchev–Trinajstić information content (AvgIpc) is 2.28. The van der Waals surface area contributed by atoms with E-state index in [1.807, 2.05) is 0 Å².